The van der Waals surface area contributed by atoms with Crippen molar-refractivity contribution in [3.8, 4) is 0 Å². The van der Waals surface area contributed by atoms with Crippen molar-refractivity contribution in [3.63, 3.8) is 0 Å². The van der Waals surface area contributed by atoms with Crippen LogP contribution in [0.2, 0.25) is 0 Å². The number of H-pyrrole nitrogens is 1. The van der Waals surface area contributed by atoms with Gasteiger partial charge in [0.1, 0.15) is 0 Å². The van der Waals surface area contributed by atoms with Crippen LogP contribution in [0.5, 0.6) is 0 Å². The fourth-order valence-electron chi connectivity index (χ4n) is 2.44. The Kier molecular flexibility index (Phi) is 4.36. The number of rotatable bonds is 5. The molecule has 5 heteroatoms. The molecule has 0 bridgehead atoms. The molecule has 1 aliphatic rings. The standard InChI is InChI=1S/C13H22N4O/c1-3-5-17(6-4-2)13(18)11-7-10-12(8-14-11)16-9-15-10/h9,11,14H,3-8H2,1-2H3,(H,15,16). The van der Waals surface area contributed by atoms with E-state index >= 15 is 0 Å². The molecule has 2 N–H and O–H groups in total. The van der Waals surface area contributed by atoms with E-state index < -0.39 is 0 Å². The first-order valence-corrected chi connectivity index (χ1v) is 6.79. The predicted molar refractivity (Wildman–Crippen MR) is 70.1 cm³/mol. The number of imidazole rings is 1. The number of carbonyl (C=O) groups is 1. The third kappa shape index (κ3) is 2.72. The Balaban J connectivity index is 2.01. The van der Waals surface area contributed by atoms with E-state index in [-0.39, 0.29) is 11.9 Å². The Morgan fingerprint density at radius 1 is 1.44 bits per heavy atom. The van der Waals surface area contributed by atoms with Gasteiger partial charge in [0.2, 0.25) is 5.91 Å². The van der Waals surface area contributed by atoms with Crippen molar-refractivity contribution in [2.45, 2.75) is 45.7 Å². The van der Waals surface area contributed by atoms with E-state index in [9.17, 15) is 4.79 Å². The molecule has 0 fully saturated rings. The summed E-state index contributed by atoms with van der Waals surface area (Å²) in [6.07, 6.45) is 4.41. The molecule has 0 saturated carbocycles. The van der Waals surface area contributed by atoms with Gasteiger partial charge in [-0.2, -0.15) is 0 Å². The molecule has 1 aliphatic heterocycles. The molecule has 0 spiro atoms. The molecule has 100 valence electrons. The highest BCUT2D eigenvalue weighted by molar-refractivity contribution is 5.82. The van der Waals surface area contributed by atoms with Crippen LogP contribution in [-0.2, 0) is 17.8 Å². The van der Waals surface area contributed by atoms with Crippen molar-refractivity contribution in [1.82, 2.24) is 20.2 Å². The van der Waals surface area contributed by atoms with E-state index in [4.69, 9.17) is 0 Å². The molecule has 0 saturated heterocycles. The topological polar surface area (TPSA) is 61.0 Å². The Bertz CT molecular complexity index is 395. The molecule has 1 aromatic rings. The molecule has 0 aromatic carbocycles. The average molecular weight is 250 g/mol. The normalized spacial score (nSPS) is 18.4. The Hall–Kier alpha value is -1.36. The maximum atomic E-state index is 12.4. The van der Waals surface area contributed by atoms with Crippen molar-refractivity contribution in [1.29, 1.82) is 0 Å². The number of hydrogen-bond donors (Lipinski definition) is 2. The summed E-state index contributed by atoms with van der Waals surface area (Å²) in [5, 5.41) is 3.30. The number of nitrogens with one attached hydrogen (secondary N) is 2. The lowest BCUT2D eigenvalue weighted by atomic mass is 10.0. The molecule has 1 atom stereocenters. The van der Waals surface area contributed by atoms with Gasteiger partial charge in [-0.3, -0.25) is 10.1 Å². The molecule has 0 radical (unpaired) electrons. The number of fused-ring (bicyclic) bond motifs is 1. The van der Waals surface area contributed by atoms with E-state index in [0.717, 1.165) is 37.3 Å². The van der Waals surface area contributed by atoms with Crippen molar-refractivity contribution in [3.05, 3.63) is 17.7 Å². The monoisotopic (exact) mass is 250 g/mol. The van der Waals surface area contributed by atoms with Gasteiger partial charge in [-0.05, 0) is 12.8 Å². The lowest BCUT2D eigenvalue weighted by molar-refractivity contribution is -0.133. The number of aromatic nitrogens is 2. The average Bonchev–Trinajstić information content (AvgIpc) is 2.84. The fraction of sp³-hybridized carbons (Fsp3) is 0.692. The summed E-state index contributed by atoms with van der Waals surface area (Å²) in [7, 11) is 0. The largest absolute Gasteiger partial charge is 0.347 e. The van der Waals surface area contributed by atoms with Gasteiger partial charge in [0.15, 0.2) is 0 Å². The summed E-state index contributed by atoms with van der Waals surface area (Å²) in [5.74, 6) is 0.215. The third-order valence-corrected chi connectivity index (χ3v) is 3.33. The molecular formula is C13H22N4O. The van der Waals surface area contributed by atoms with Gasteiger partial charge in [0.05, 0.1) is 23.8 Å². The van der Waals surface area contributed by atoms with Crippen LogP contribution in [-0.4, -0.2) is 39.9 Å². The van der Waals surface area contributed by atoms with Crippen molar-refractivity contribution >= 4 is 5.91 Å². The van der Waals surface area contributed by atoms with E-state index in [1.54, 1.807) is 6.33 Å². The predicted octanol–water partition coefficient (Wildman–Crippen LogP) is 1.07. The number of nitrogens with zero attached hydrogens (tertiary/aromatic N) is 2. The van der Waals surface area contributed by atoms with Crippen LogP contribution in [0.3, 0.4) is 0 Å². The summed E-state index contributed by atoms with van der Waals surface area (Å²) in [6.45, 7) is 6.61. The van der Waals surface area contributed by atoms with Gasteiger partial charge in [0.25, 0.3) is 0 Å². The maximum Gasteiger partial charge on any atom is 0.240 e. The second kappa shape index (κ2) is 6.00. The van der Waals surface area contributed by atoms with Gasteiger partial charge in [0, 0.05) is 26.1 Å². The van der Waals surface area contributed by atoms with Gasteiger partial charge >= 0.3 is 0 Å². The second-order valence-electron chi connectivity index (χ2n) is 4.79. The van der Waals surface area contributed by atoms with E-state index in [2.05, 4.69) is 29.1 Å². The lowest BCUT2D eigenvalue weighted by Crippen LogP contribution is -2.49. The van der Waals surface area contributed by atoms with Gasteiger partial charge in [-0.1, -0.05) is 13.8 Å². The highest BCUT2D eigenvalue weighted by atomic mass is 16.2. The Morgan fingerprint density at radius 3 is 2.83 bits per heavy atom. The molecule has 18 heavy (non-hydrogen) atoms. The van der Waals surface area contributed by atoms with Crippen LogP contribution in [0.4, 0.5) is 0 Å². The van der Waals surface area contributed by atoms with Crippen LogP contribution in [0.15, 0.2) is 6.33 Å². The van der Waals surface area contributed by atoms with Crippen molar-refractivity contribution in [2.75, 3.05) is 13.1 Å². The Labute approximate surface area is 108 Å². The van der Waals surface area contributed by atoms with Crippen LogP contribution in [0.25, 0.3) is 0 Å². The number of amides is 1. The molecule has 1 unspecified atom stereocenters. The van der Waals surface area contributed by atoms with Crippen molar-refractivity contribution in [2.24, 2.45) is 0 Å². The summed E-state index contributed by atoms with van der Waals surface area (Å²) in [6, 6.07) is -0.112. The highest BCUT2D eigenvalue weighted by Crippen LogP contribution is 2.14. The van der Waals surface area contributed by atoms with Crippen molar-refractivity contribution < 1.29 is 4.79 Å². The summed E-state index contributed by atoms with van der Waals surface area (Å²) in [5.41, 5.74) is 2.14. The SMILES string of the molecule is CCCN(CCC)C(=O)C1Cc2nc[nH]c2CN1. The lowest BCUT2D eigenvalue weighted by Gasteiger charge is -2.29. The molecular weight excluding hydrogens is 228 g/mol. The van der Waals surface area contributed by atoms with Crippen LogP contribution < -0.4 is 5.32 Å². The number of hydrogen-bond acceptors (Lipinski definition) is 3. The minimum absolute atomic E-state index is 0.112. The minimum atomic E-state index is -0.112. The molecule has 1 aromatic heterocycles. The van der Waals surface area contributed by atoms with Crippen LogP contribution in [0.1, 0.15) is 38.1 Å². The fourth-order valence-corrected chi connectivity index (χ4v) is 2.44. The van der Waals surface area contributed by atoms with E-state index in [1.807, 2.05) is 4.90 Å². The number of carbonyl (C=O) groups excluding carboxylic acids is 1. The second-order valence-corrected chi connectivity index (χ2v) is 4.79. The molecule has 2 rings (SSSR count). The highest BCUT2D eigenvalue weighted by Gasteiger charge is 2.28. The van der Waals surface area contributed by atoms with E-state index in [1.165, 1.54) is 0 Å². The van der Waals surface area contributed by atoms with Gasteiger partial charge in [-0.15, -0.1) is 0 Å². The van der Waals surface area contributed by atoms with Gasteiger partial charge < -0.3 is 9.88 Å². The zero-order chi connectivity index (χ0) is 13.0. The molecule has 2 heterocycles. The smallest absolute Gasteiger partial charge is 0.240 e. The molecule has 5 nitrogen and oxygen atoms in total. The van der Waals surface area contributed by atoms with E-state index in [0.29, 0.717) is 13.0 Å². The first-order valence-electron chi connectivity index (χ1n) is 6.79. The third-order valence-electron chi connectivity index (χ3n) is 3.33. The first-order chi connectivity index (χ1) is 8.76. The van der Waals surface area contributed by atoms with Gasteiger partial charge in [-0.25, -0.2) is 4.98 Å². The minimum Gasteiger partial charge on any atom is -0.347 e. The summed E-state index contributed by atoms with van der Waals surface area (Å²) in [4.78, 5) is 21.8. The first kappa shape index (κ1) is 13.1. The molecule has 0 aliphatic carbocycles. The Morgan fingerprint density at radius 2 is 2.17 bits per heavy atom. The zero-order valence-corrected chi connectivity index (χ0v) is 11.2. The number of aromatic amines is 1. The summed E-state index contributed by atoms with van der Waals surface area (Å²) < 4.78 is 0. The van der Waals surface area contributed by atoms with Crippen LogP contribution >= 0.6 is 0 Å². The maximum absolute atomic E-state index is 12.4. The zero-order valence-electron chi connectivity index (χ0n) is 11.2. The quantitative estimate of drug-likeness (QED) is 0.822. The molecule has 1 amide bonds. The van der Waals surface area contributed by atoms with Crippen LogP contribution in [0, 0.1) is 0 Å². The summed E-state index contributed by atoms with van der Waals surface area (Å²) >= 11 is 0.